The third-order valence-electron chi connectivity index (χ3n) is 4.26. The first-order chi connectivity index (χ1) is 12.8. The van der Waals surface area contributed by atoms with Crippen LogP contribution in [0.4, 0.5) is 5.69 Å². The number of ether oxygens (including phenoxy) is 1. The quantitative estimate of drug-likeness (QED) is 0.587. The highest BCUT2D eigenvalue weighted by atomic mass is 16.5. The molecule has 1 aliphatic heterocycles. The largest absolute Gasteiger partial charge is 0.550 e. The maximum Gasteiger partial charge on any atom is 0.242 e. The summed E-state index contributed by atoms with van der Waals surface area (Å²) in [6.45, 7) is 1.63. The standard InChI is InChI=1S/C18H23N3O6/c1-11(17(25)19-8-7-16(23)24)20-18(26)12-9-15(22)21(10-12)13-3-5-14(27-2)6-4-13/h3-6,11-12H,7-10H2,1-2H3,(H,19,25)(H,20,26)(H,23,24)/p-1/t11-,12+/m0/s1. The highest BCUT2D eigenvalue weighted by Gasteiger charge is 2.36. The van der Waals surface area contributed by atoms with E-state index in [1.165, 1.54) is 11.8 Å². The summed E-state index contributed by atoms with van der Waals surface area (Å²) in [6.07, 6.45) is -0.253. The monoisotopic (exact) mass is 376 g/mol. The van der Waals surface area contributed by atoms with E-state index in [4.69, 9.17) is 4.74 Å². The Kier molecular flexibility index (Phi) is 6.75. The molecule has 2 rings (SSSR count). The van der Waals surface area contributed by atoms with Gasteiger partial charge in [0.2, 0.25) is 17.7 Å². The van der Waals surface area contributed by atoms with Crippen molar-refractivity contribution in [1.82, 2.24) is 10.6 Å². The second-order valence-electron chi connectivity index (χ2n) is 6.25. The minimum Gasteiger partial charge on any atom is -0.550 e. The number of carboxylic acids is 1. The third kappa shape index (κ3) is 5.44. The third-order valence-corrected chi connectivity index (χ3v) is 4.26. The first-order valence-electron chi connectivity index (χ1n) is 8.54. The molecule has 0 spiro atoms. The fourth-order valence-electron chi connectivity index (χ4n) is 2.73. The lowest BCUT2D eigenvalue weighted by molar-refractivity contribution is -0.305. The predicted molar refractivity (Wildman–Crippen MR) is 93.7 cm³/mol. The molecule has 1 fully saturated rings. The van der Waals surface area contributed by atoms with Crippen LogP contribution in [0.3, 0.4) is 0 Å². The molecular weight excluding hydrogens is 354 g/mol. The van der Waals surface area contributed by atoms with Crippen LogP contribution in [-0.2, 0) is 19.2 Å². The van der Waals surface area contributed by atoms with Gasteiger partial charge in [-0.1, -0.05) is 0 Å². The van der Waals surface area contributed by atoms with Gasteiger partial charge >= 0.3 is 0 Å². The van der Waals surface area contributed by atoms with Crippen molar-refractivity contribution in [3.8, 4) is 5.75 Å². The summed E-state index contributed by atoms with van der Waals surface area (Å²) in [6, 6.07) is 6.10. The number of rotatable bonds is 8. The molecule has 0 unspecified atom stereocenters. The van der Waals surface area contributed by atoms with Gasteiger partial charge < -0.3 is 30.2 Å². The van der Waals surface area contributed by atoms with Gasteiger partial charge in [0.1, 0.15) is 11.8 Å². The average Bonchev–Trinajstić information content (AvgIpc) is 3.03. The zero-order chi connectivity index (χ0) is 20.0. The van der Waals surface area contributed by atoms with E-state index in [-0.39, 0.29) is 31.8 Å². The van der Waals surface area contributed by atoms with E-state index in [0.29, 0.717) is 11.4 Å². The molecule has 1 saturated heterocycles. The first-order valence-corrected chi connectivity index (χ1v) is 8.54. The molecule has 2 N–H and O–H groups in total. The summed E-state index contributed by atoms with van der Waals surface area (Å²) in [7, 11) is 1.55. The van der Waals surface area contributed by atoms with Crippen molar-refractivity contribution < 1.29 is 29.0 Å². The zero-order valence-electron chi connectivity index (χ0n) is 15.2. The van der Waals surface area contributed by atoms with Crippen molar-refractivity contribution in [3.05, 3.63) is 24.3 Å². The summed E-state index contributed by atoms with van der Waals surface area (Å²) >= 11 is 0. The number of carbonyl (C=O) groups is 4. The zero-order valence-corrected chi connectivity index (χ0v) is 15.2. The molecule has 9 nitrogen and oxygen atoms in total. The molecule has 146 valence electrons. The molecule has 0 bridgehead atoms. The number of anilines is 1. The smallest absolute Gasteiger partial charge is 0.242 e. The van der Waals surface area contributed by atoms with Crippen molar-refractivity contribution in [2.24, 2.45) is 5.92 Å². The van der Waals surface area contributed by atoms with Crippen LogP contribution in [-0.4, -0.2) is 49.9 Å². The molecule has 1 aromatic rings. The number of benzene rings is 1. The molecule has 0 aromatic heterocycles. The van der Waals surface area contributed by atoms with Crippen molar-refractivity contribution in [1.29, 1.82) is 0 Å². The van der Waals surface area contributed by atoms with Gasteiger partial charge in [-0.05, 0) is 31.2 Å². The number of nitrogens with one attached hydrogen (secondary N) is 2. The molecule has 3 amide bonds. The molecule has 2 atom stereocenters. The number of hydrogen-bond donors (Lipinski definition) is 2. The SMILES string of the molecule is COc1ccc(N2C[C@H](C(=O)N[C@@H](C)C(=O)NCCC(=O)[O-])CC2=O)cc1. The number of methoxy groups -OCH3 is 1. The molecule has 9 heteroatoms. The van der Waals surface area contributed by atoms with Gasteiger partial charge in [0.25, 0.3) is 0 Å². The Balaban J connectivity index is 1.88. The van der Waals surface area contributed by atoms with E-state index in [1.54, 1.807) is 31.4 Å². The van der Waals surface area contributed by atoms with Crippen LogP contribution in [0, 0.1) is 5.92 Å². The highest BCUT2D eigenvalue weighted by molar-refractivity contribution is 6.01. The van der Waals surface area contributed by atoms with Crippen molar-refractivity contribution in [3.63, 3.8) is 0 Å². The van der Waals surface area contributed by atoms with Crippen LogP contribution in [0.1, 0.15) is 19.8 Å². The lowest BCUT2D eigenvalue weighted by atomic mass is 10.1. The number of nitrogens with zero attached hydrogens (tertiary/aromatic N) is 1. The molecule has 0 aliphatic carbocycles. The van der Waals surface area contributed by atoms with Crippen molar-refractivity contribution in [2.45, 2.75) is 25.8 Å². The second kappa shape index (κ2) is 9.02. The Bertz CT molecular complexity index is 718. The first kappa shape index (κ1) is 20.2. The van der Waals surface area contributed by atoms with Crippen LogP contribution in [0.5, 0.6) is 5.75 Å². The number of carbonyl (C=O) groups excluding carboxylic acids is 4. The minimum absolute atomic E-state index is 0.0525. The summed E-state index contributed by atoms with van der Waals surface area (Å²) < 4.78 is 5.08. The Morgan fingerprint density at radius 3 is 2.56 bits per heavy atom. The lowest BCUT2D eigenvalue weighted by Crippen LogP contribution is -2.47. The Morgan fingerprint density at radius 2 is 1.96 bits per heavy atom. The molecule has 27 heavy (non-hydrogen) atoms. The number of hydrogen-bond acceptors (Lipinski definition) is 6. The van der Waals surface area contributed by atoms with Gasteiger partial charge in [0.05, 0.1) is 13.0 Å². The summed E-state index contributed by atoms with van der Waals surface area (Å²) in [5.74, 6) is -2.25. The van der Waals surface area contributed by atoms with Crippen molar-refractivity contribution in [2.75, 3.05) is 25.1 Å². The van der Waals surface area contributed by atoms with Crippen LogP contribution >= 0.6 is 0 Å². The average molecular weight is 376 g/mol. The molecule has 1 aliphatic rings. The Hall–Kier alpha value is -3.10. The van der Waals surface area contributed by atoms with Gasteiger partial charge in [0, 0.05) is 37.6 Å². The fourth-order valence-corrected chi connectivity index (χ4v) is 2.73. The lowest BCUT2D eigenvalue weighted by Gasteiger charge is -2.18. The van der Waals surface area contributed by atoms with E-state index in [2.05, 4.69) is 10.6 Å². The maximum atomic E-state index is 12.4. The van der Waals surface area contributed by atoms with Gasteiger partial charge in [-0.2, -0.15) is 0 Å². The van der Waals surface area contributed by atoms with E-state index in [1.807, 2.05) is 0 Å². The predicted octanol–water partition coefficient (Wildman–Crippen LogP) is -1.19. The fraction of sp³-hybridized carbons (Fsp3) is 0.444. The van der Waals surface area contributed by atoms with Gasteiger partial charge in [-0.15, -0.1) is 0 Å². The molecule has 0 saturated carbocycles. The number of aliphatic carboxylic acids is 1. The van der Waals surface area contributed by atoms with Crippen LogP contribution in [0.25, 0.3) is 0 Å². The van der Waals surface area contributed by atoms with E-state index in [0.717, 1.165) is 0 Å². The Morgan fingerprint density at radius 1 is 1.30 bits per heavy atom. The van der Waals surface area contributed by atoms with Crippen LogP contribution < -0.4 is 25.4 Å². The van der Waals surface area contributed by atoms with Crippen LogP contribution in [0.15, 0.2) is 24.3 Å². The van der Waals surface area contributed by atoms with Crippen molar-refractivity contribution >= 4 is 29.4 Å². The molecule has 0 radical (unpaired) electrons. The van der Waals surface area contributed by atoms with Gasteiger partial charge in [-0.3, -0.25) is 14.4 Å². The normalized spacial score (nSPS) is 17.3. The van der Waals surface area contributed by atoms with Crippen LogP contribution in [0.2, 0.25) is 0 Å². The maximum absolute atomic E-state index is 12.4. The topological polar surface area (TPSA) is 128 Å². The van der Waals surface area contributed by atoms with Gasteiger partial charge in [0.15, 0.2) is 0 Å². The molecular formula is C18H22N3O6-. The summed E-state index contributed by atoms with van der Waals surface area (Å²) in [4.78, 5) is 48.3. The van der Waals surface area contributed by atoms with E-state index >= 15 is 0 Å². The highest BCUT2D eigenvalue weighted by Crippen LogP contribution is 2.26. The summed E-state index contributed by atoms with van der Waals surface area (Å²) in [5, 5.41) is 15.3. The van der Waals surface area contributed by atoms with E-state index < -0.39 is 29.7 Å². The minimum atomic E-state index is -1.27. The molecule has 1 heterocycles. The second-order valence-corrected chi connectivity index (χ2v) is 6.25. The number of amides is 3. The number of carboxylic acid groups (broad SMARTS) is 1. The summed E-state index contributed by atoms with van der Waals surface area (Å²) in [5.41, 5.74) is 0.671. The Labute approximate surface area is 156 Å². The molecule has 1 aromatic carbocycles. The van der Waals surface area contributed by atoms with Gasteiger partial charge in [-0.25, -0.2) is 0 Å². The van der Waals surface area contributed by atoms with E-state index in [9.17, 15) is 24.3 Å².